The SMILES string of the molecule is CC(C)C(C)C(=O)N1CC[C@H](N)C1. The maximum Gasteiger partial charge on any atom is 0.225 e. The lowest BCUT2D eigenvalue weighted by atomic mass is 9.97. The molecule has 0 radical (unpaired) electrons. The summed E-state index contributed by atoms with van der Waals surface area (Å²) in [7, 11) is 0. The minimum absolute atomic E-state index is 0.130. The molecule has 1 amide bonds. The monoisotopic (exact) mass is 184 g/mol. The quantitative estimate of drug-likeness (QED) is 0.691. The van der Waals surface area contributed by atoms with E-state index in [-0.39, 0.29) is 17.9 Å². The van der Waals surface area contributed by atoms with E-state index in [0.717, 1.165) is 19.5 Å². The third kappa shape index (κ3) is 2.44. The van der Waals surface area contributed by atoms with E-state index in [9.17, 15) is 4.79 Å². The van der Waals surface area contributed by atoms with E-state index >= 15 is 0 Å². The first-order valence-corrected chi connectivity index (χ1v) is 5.06. The average Bonchev–Trinajstić information content (AvgIpc) is 2.49. The molecule has 2 N–H and O–H groups in total. The molecule has 0 saturated carbocycles. The second kappa shape index (κ2) is 4.09. The highest BCUT2D eigenvalue weighted by atomic mass is 16.2. The van der Waals surface area contributed by atoms with Crippen LogP contribution in [0, 0.1) is 11.8 Å². The molecule has 2 atom stereocenters. The van der Waals surface area contributed by atoms with Crippen LogP contribution >= 0.6 is 0 Å². The van der Waals surface area contributed by atoms with Crippen molar-refractivity contribution in [3.05, 3.63) is 0 Å². The summed E-state index contributed by atoms with van der Waals surface area (Å²) in [6.07, 6.45) is 0.955. The molecule has 0 aromatic rings. The molecule has 0 spiro atoms. The van der Waals surface area contributed by atoms with Crippen LogP contribution in [-0.4, -0.2) is 29.9 Å². The molecular weight excluding hydrogens is 164 g/mol. The third-order valence-corrected chi connectivity index (χ3v) is 2.93. The Hall–Kier alpha value is -0.570. The van der Waals surface area contributed by atoms with E-state index in [4.69, 9.17) is 5.73 Å². The first-order valence-electron chi connectivity index (χ1n) is 5.06. The minimum atomic E-state index is 0.130. The predicted octanol–water partition coefficient (Wildman–Crippen LogP) is 0.838. The summed E-state index contributed by atoms with van der Waals surface area (Å²) in [6, 6.07) is 0.198. The van der Waals surface area contributed by atoms with Crippen LogP contribution in [0.25, 0.3) is 0 Å². The zero-order valence-electron chi connectivity index (χ0n) is 8.79. The van der Waals surface area contributed by atoms with Gasteiger partial charge in [0, 0.05) is 25.0 Å². The Bertz CT molecular complexity index is 191. The number of carbonyl (C=O) groups is 1. The topological polar surface area (TPSA) is 46.3 Å². The lowest BCUT2D eigenvalue weighted by Gasteiger charge is -2.22. The van der Waals surface area contributed by atoms with Crippen LogP contribution in [0.15, 0.2) is 0 Å². The zero-order valence-corrected chi connectivity index (χ0v) is 8.79. The fraction of sp³-hybridized carbons (Fsp3) is 0.900. The number of amides is 1. The highest BCUT2D eigenvalue weighted by molar-refractivity contribution is 5.79. The van der Waals surface area contributed by atoms with Gasteiger partial charge in [0.2, 0.25) is 5.91 Å². The summed E-state index contributed by atoms with van der Waals surface area (Å²) in [5.74, 6) is 0.817. The second-order valence-electron chi connectivity index (χ2n) is 4.37. The fourth-order valence-corrected chi connectivity index (χ4v) is 1.56. The molecule has 3 heteroatoms. The third-order valence-electron chi connectivity index (χ3n) is 2.93. The Labute approximate surface area is 80.3 Å². The van der Waals surface area contributed by atoms with Crippen LogP contribution in [0.1, 0.15) is 27.2 Å². The number of likely N-dealkylation sites (tertiary alicyclic amines) is 1. The van der Waals surface area contributed by atoms with Gasteiger partial charge in [-0.3, -0.25) is 4.79 Å². The van der Waals surface area contributed by atoms with Crippen molar-refractivity contribution < 1.29 is 4.79 Å². The Morgan fingerprint density at radius 2 is 2.08 bits per heavy atom. The van der Waals surface area contributed by atoms with Crippen molar-refractivity contribution in [3.63, 3.8) is 0 Å². The number of hydrogen-bond donors (Lipinski definition) is 1. The van der Waals surface area contributed by atoms with Gasteiger partial charge in [-0.25, -0.2) is 0 Å². The van der Waals surface area contributed by atoms with Gasteiger partial charge >= 0.3 is 0 Å². The molecule has 0 bridgehead atoms. The van der Waals surface area contributed by atoms with Crippen molar-refractivity contribution in [2.24, 2.45) is 17.6 Å². The van der Waals surface area contributed by atoms with Gasteiger partial charge < -0.3 is 10.6 Å². The average molecular weight is 184 g/mol. The van der Waals surface area contributed by atoms with Gasteiger partial charge in [0.05, 0.1) is 0 Å². The summed E-state index contributed by atoms with van der Waals surface area (Å²) in [6.45, 7) is 7.75. The Morgan fingerprint density at radius 3 is 2.46 bits per heavy atom. The normalized spacial score (nSPS) is 25.3. The number of carbonyl (C=O) groups excluding carboxylic acids is 1. The van der Waals surface area contributed by atoms with Gasteiger partial charge in [-0.2, -0.15) is 0 Å². The number of nitrogens with zero attached hydrogens (tertiary/aromatic N) is 1. The largest absolute Gasteiger partial charge is 0.341 e. The van der Waals surface area contributed by atoms with Crippen molar-refractivity contribution in [1.82, 2.24) is 4.90 Å². The van der Waals surface area contributed by atoms with E-state index in [2.05, 4.69) is 13.8 Å². The molecule has 76 valence electrons. The molecular formula is C10H20N2O. The van der Waals surface area contributed by atoms with Gasteiger partial charge in [0.25, 0.3) is 0 Å². The minimum Gasteiger partial charge on any atom is -0.341 e. The van der Waals surface area contributed by atoms with Gasteiger partial charge in [0.1, 0.15) is 0 Å². The van der Waals surface area contributed by atoms with E-state index in [0.29, 0.717) is 5.92 Å². The number of nitrogens with two attached hydrogens (primary N) is 1. The van der Waals surface area contributed by atoms with E-state index in [1.165, 1.54) is 0 Å². The Kier molecular flexibility index (Phi) is 3.31. The standard InChI is InChI=1S/C10H20N2O/c1-7(2)8(3)10(13)12-5-4-9(11)6-12/h7-9H,4-6,11H2,1-3H3/t8?,9-/m0/s1. The van der Waals surface area contributed by atoms with Crippen LogP contribution in [0.3, 0.4) is 0 Å². The second-order valence-corrected chi connectivity index (χ2v) is 4.37. The molecule has 1 heterocycles. The van der Waals surface area contributed by atoms with Crippen LogP contribution in [0.5, 0.6) is 0 Å². The summed E-state index contributed by atoms with van der Waals surface area (Å²) in [5.41, 5.74) is 5.75. The highest BCUT2D eigenvalue weighted by Gasteiger charge is 2.28. The van der Waals surface area contributed by atoms with Gasteiger partial charge in [-0.15, -0.1) is 0 Å². The van der Waals surface area contributed by atoms with E-state index < -0.39 is 0 Å². The van der Waals surface area contributed by atoms with Gasteiger partial charge in [0.15, 0.2) is 0 Å². The maximum absolute atomic E-state index is 11.8. The summed E-state index contributed by atoms with van der Waals surface area (Å²) >= 11 is 0. The lowest BCUT2D eigenvalue weighted by molar-refractivity contribution is -0.135. The number of rotatable bonds is 2. The molecule has 1 aliphatic rings. The maximum atomic E-state index is 11.8. The molecule has 1 unspecified atom stereocenters. The molecule has 3 nitrogen and oxygen atoms in total. The van der Waals surface area contributed by atoms with Crippen LogP contribution in [0.4, 0.5) is 0 Å². The number of hydrogen-bond acceptors (Lipinski definition) is 2. The van der Waals surface area contributed by atoms with Crippen molar-refractivity contribution in [1.29, 1.82) is 0 Å². The highest BCUT2D eigenvalue weighted by Crippen LogP contribution is 2.16. The lowest BCUT2D eigenvalue weighted by Crippen LogP contribution is -2.37. The molecule has 0 aliphatic carbocycles. The molecule has 1 rings (SSSR count). The van der Waals surface area contributed by atoms with Crippen LogP contribution in [-0.2, 0) is 4.79 Å². The van der Waals surface area contributed by atoms with Crippen molar-refractivity contribution in [3.8, 4) is 0 Å². The fourth-order valence-electron chi connectivity index (χ4n) is 1.56. The Morgan fingerprint density at radius 1 is 1.46 bits per heavy atom. The zero-order chi connectivity index (χ0) is 10.0. The van der Waals surface area contributed by atoms with E-state index in [1.54, 1.807) is 0 Å². The van der Waals surface area contributed by atoms with Gasteiger partial charge in [-0.1, -0.05) is 20.8 Å². The van der Waals surface area contributed by atoms with Crippen molar-refractivity contribution >= 4 is 5.91 Å². The first kappa shape index (κ1) is 10.5. The van der Waals surface area contributed by atoms with Crippen molar-refractivity contribution in [2.75, 3.05) is 13.1 Å². The first-order chi connectivity index (χ1) is 6.02. The van der Waals surface area contributed by atoms with Crippen molar-refractivity contribution in [2.45, 2.75) is 33.2 Å². The molecule has 13 heavy (non-hydrogen) atoms. The smallest absolute Gasteiger partial charge is 0.225 e. The predicted molar refractivity (Wildman–Crippen MR) is 53.2 cm³/mol. The summed E-state index contributed by atoms with van der Waals surface area (Å²) in [5, 5.41) is 0. The van der Waals surface area contributed by atoms with Crippen LogP contribution in [0.2, 0.25) is 0 Å². The summed E-state index contributed by atoms with van der Waals surface area (Å²) < 4.78 is 0. The van der Waals surface area contributed by atoms with Crippen LogP contribution < -0.4 is 5.73 Å². The Balaban J connectivity index is 2.48. The van der Waals surface area contributed by atoms with E-state index in [1.807, 2.05) is 11.8 Å². The summed E-state index contributed by atoms with van der Waals surface area (Å²) in [4.78, 5) is 13.7. The van der Waals surface area contributed by atoms with Gasteiger partial charge in [-0.05, 0) is 12.3 Å². The molecule has 1 aliphatic heterocycles. The molecule has 0 aromatic heterocycles. The molecule has 1 saturated heterocycles. The molecule has 0 aromatic carbocycles. The molecule has 1 fully saturated rings.